The second-order valence-corrected chi connectivity index (χ2v) is 8.63. The third-order valence-corrected chi connectivity index (χ3v) is 5.77. The molecule has 0 atom stereocenters. The molecule has 0 saturated carbocycles. The zero-order valence-electron chi connectivity index (χ0n) is 17.0. The van der Waals surface area contributed by atoms with E-state index in [4.69, 9.17) is 5.10 Å². The first-order valence-electron chi connectivity index (χ1n) is 9.66. The Morgan fingerprint density at radius 1 is 1.03 bits per heavy atom. The van der Waals surface area contributed by atoms with Gasteiger partial charge in [0.15, 0.2) is 0 Å². The summed E-state index contributed by atoms with van der Waals surface area (Å²) in [6.07, 6.45) is 1.76. The number of nitrogens with zero attached hydrogens (tertiary/aromatic N) is 4. The van der Waals surface area contributed by atoms with Crippen LogP contribution in [0, 0.1) is 13.8 Å². The summed E-state index contributed by atoms with van der Waals surface area (Å²) in [6.45, 7) is 8.73. The number of fused-ring (bicyclic) bond motifs is 1. The van der Waals surface area contributed by atoms with Gasteiger partial charge in [-0.1, -0.05) is 48.0 Å². The van der Waals surface area contributed by atoms with Crippen LogP contribution in [0.4, 0.5) is 0 Å². The molecule has 148 valence electrons. The summed E-state index contributed by atoms with van der Waals surface area (Å²) in [5.74, 6) is 0.173. The first-order valence-corrected chi connectivity index (χ1v) is 10.4. The SMILES string of the molecule is Cc1ccc(-n2ncc3c(C(C)C)nn(Cc4ccc(Br)cc4)c(=O)c32)cc1C. The predicted octanol–water partition coefficient (Wildman–Crippen LogP) is 5.13. The van der Waals surface area contributed by atoms with Crippen molar-refractivity contribution in [3.05, 3.63) is 85.9 Å². The molecule has 0 aliphatic heterocycles. The van der Waals surface area contributed by atoms with Gasteiger partial charge in [-0.05, 0) is 60.7 Å². The van der Waals surface area contributed by atoms with E-state index >= 15 is 0 Å². The molecule has 0 saturated heterocycles. The van der Waals surface area contributed by atoms with Crippen LogP contribution in [0.25, 0.3) is 16.6 Å². The Hall–Kier alpha value is -2.73. The van der Waals surface area contributed by atoms with Gasteiger partial charge in [0.05, 0.1) is 24.1 Å². The minimum Gasteiger partial charge on any atom is -0.265 e. The first kappa shape index (κ1) is 19.6. The summed E-state index contributed by atoms with van der Waals surface area (Å²) in [5.41, 5.74) is 5.60. The molecule has 2 aromatic carbocycles. The van der Waals surface area contributed by atoms with E-state index in [0.29, 0.717) is 12.1 Å². The Kier molecular flexibility index (Phi) is 5.13. The van der Waals surface area contributed by atoms with Crippen LogP contribution in [0.5, 0.6) is 0 Å². The molecule has 0 bridgehead atoms. The van der Waals surface area contributed by atoms with E-state index in [1.165, 1.54) is 11.1 Å². The molecule has 0 N–H and O–H groups in total. The predicted molar refractivity (Wildman–Crippen MR) is 120 cm³/mol. The van der Waals surface area contributed by atoms with Crippen LogP contribution in [0.3, 0.4) is 0 Å². The maximum absolute atomic E-state index is 13.4. The quantitative estimate of drug-likeness (QED) is 0.432. The summed E-state index contributed by atoms with van der Waals surface area (Å²) in [7, 11) is 0. The number of hydrogen-bond acceptors (Lipinski definition) is 3. The van der Waals surface area contributed by atoms with Crippen LogP contribution in [-0.4, -0.2) is 19.6 Å². The third kappa shape index (κ3) is 3.65. The van der Waals surface area contributed by atoms with Gasteiger partial charge >= 0.3 is 0 Å². The molecule has 29 heavy (non-hydrogen) atoms. The van der Waals surface area contributed by atoms with Crippen LogP contribution in [-0.2, 0) is 6.54 Å². The fraction of sp³-hybridized carbons (Fsp3) is 0.261. The normalized spacial score (nSPS) is 11.5. The molecule has 2 heterocycles. The van der Waals surface area contributed by atoms with Gasteiger partial charge in [0.1, 0.15) is 5.52 Å². The van der Waals surface area contributed by atoms with E-state index in [-0.39, 0.29) is 11.5 Å². The molecule has 0 amide bonds. The molecule has 0 spiro atoms. The zero-order chi connectivity index (χ0) is 20.7. The van der Waals surface area contributed by atoms with Crippen molar-refractivity contribution in [2.24, 2.45) is 0 Å². The van der Waals surface area contributed by atoms with Gasteiger partial charge in [0.25, 0.3) is 5.56 Å². The summed E-state index contributed by atoms with van der Waals surface area (Å²) >= 11 is 3.45. The molecule has 5 nitrogen and oxygen atoms in total. The van der Waals surface area contributed by atoms with Gasteiger partial charge in [-0.3, -0.25) is 4.79 Å². The second kappa shape index (κ2) is 7.59. The minimum atomic E-state index is -0.136. The highest BCUT2D eigenvalue weighted by molar-refractivity contribution is 9.10. The van der Waals surface area contributed by atoms with E-state index in [1.54, 1.807) is 15.6 Å². The molecule has 4 rings (SSSR count). The lowest BCUT2D eigenvalue weighted by Crippen LogP contribution is -2.27. The molecule has 4 aromatic rings. The number of rotatable bonds is 4. The van der Waals surface area contributed by atoms with Crippen LogP contribution in [0.2, 0.25) is 0 Å². The van der Waals surface area contributed by atoms with E-state index in [2.05, 4.69) is 60.9 Å². The fourth-order valence-corrected chi connectivity index (χ4v) is 3.71. The number of benzene rings is 2. The largest absolute Gasteiger partial charge is 0.293 e. The summed E-state index contributed by atoms with van der Waals surface area (Å²) < 4.78 is 4.31. The summed E-state index contributed by atoms with van der Waals surface area (Å²) in [6, 6.07) is 14.1. The Balaban J connectivity index is 1.93. The molecule has 0 aliphatic rings. The Bertz CT molecular complexity index is 1250. The zero-order valence-corrected chi connectivity index (χ0v) is 18.6. The van der Waals surface area contributed by atoms with Crippen molar-refractivity contribution in [2.45, 2.75) is 40.2 Å². The van der Waals surface area contributed by atoms with Crippen molar-refractivity contribution in [3.8, 4) is 5.69 Å². The molecule has 0 unspecified atom stereocenters. The number of aromatic nitrogens is 4. The highest BCUT2D eigenvalue weighted by atomic mass is 79.9. The van der Waals surface area contributed by atoms with Crippen LogP contribution in [0.1, 0.15) is 42.1 Å². The van der Waals surface area contributed by atoms with Crippen molar-refractivity contribution >= 4 is 26.8 Å². The highest BCUT2D eigenvalue weighted by Gasteiger charge is 2.19. The average Bonchev–Trinajstić information content (AvgIpc) is 3.13. The van der Waals surface area contributed by atoms with Gasteiger partial charge in [-0.2, -0.15) is 10.2 Å². The second-order valence-electron chi connectivity index (χ2n) is 7.72. The van der Waals surface area contributed by atoms with E-state index < -0.39 is 0 Å². The molecule has 0 radical (unpaired) electrons. The summed E-state index contributed by atoms with van der Waals surface area (Å²) in [5, 5.41) is 10.1. The fourth-order valence-electron chi connectivity index (χ4n) is 3.44. The van der Waals surface area contributed by atoms with Crippen molar-refractivity contribution in [1.82, 2.24) is 19.6 Å². The lowest BCUT2D eigenvalue weighted by atomic mass is 10.1. The molecule has 0 fully saturated rings. The van der Waals surface area contributed by atoms with Crippen molar-refractivity contribution < 1.29 is 0 Å². The lowest BCUT2D eigenvalue weighted by molar-refractivity contribution is 0.612. The summed E-state index contributed by atoms with van der Waals surface area (Å²) in [4.78, 5) is 13.4. The number of halogens is 1. The maximum Gasteiger partial charge on any atom is 0.293 e. The standard InChI is InChI=1S/C23H23BrN4O/c1-14(2)21-20-12-25-28(19-10-5-15(3)16(4)11-19)22(20)23(29)27(26-21)13-17-6-8-18(24)9-7-17/h5-12,14H,13H2,1-4H3. The van der Waals surface area contributed by atoms with Gasteiger partial charge in [0.2, 0.25) is 0 Å². The van der Waals surface area contributed by atoms with Gasteiger partial charge < -0.3 is 0 Å². The van der Waals surface area contributed by atoms with E-state index in [0.717, 1.165) is 26.8 Å². The van der Waals surface area contributed by atoms with Crippen LogP contribution < -0.4 is 5.56 Å². The lowest BCUT2D eigenvalue weighted by Gasteiger charge is -2.13. The molecule has 2 aromatic heterocycles. The van der Waals surface area contributed by atoms with Crippen molar-refractivity contribution in [2.75, 3.05) is 0 Å². The molecule has 0 aliphatic carbocycles. The topological polar surface area (TPSA) is 52.7 Å². The molecular formula is C23H23BrN4O. The van der Waals surface area contributed by atoms with Crippen molar-refractivity contribution in [3.63, 3.8) is 0 Å². The Morgan fingerprint density at radius 3 is 2.41 bits per heavy atom. The first-order chi connectivity index (χ1) is 13.8. The van der Waals surface area contributed by atoms with Crippen LogP contribution in [0.15, 0.2) is 57.9 Å². The Morgan fingerprint density at radius 2 is 1.76 bits per heavy atom. The highest BCUT2D eigenvalue weighted by Crippen LogP contribution is 2.24. The smallest absolute Gasteiger partial charge is 0.265 e. The monoisotopic (exact) mass is 450 g/mol. The Labute approximate surface area is 178 Å². The third-order valence-electron chi connectivity index (χ3n) is 5.24. The van der Waals surface area contributed by atoms with Crippen molar-refractivity contribution in [1.29, 1.82) is 0 Å². The van der Waals surface area contributed by atoms with Gasteiger partial charge in [-0.15, -0.1) is 0 Å². The van der Waals surface area contributed by atoms with Gasteiger partial charge in [0, 0.05) is 9.86 Å². The van der Waals surface area contributed by atoms with Crippen LogP contribution >= 0.6 is 15.9 Å². The van der Waals surface area contributed by atoms with E-state index in [9.17, 15) is 4.79 Å². The molecule has 6 heteroatoms. The number of hydrogen-bond donors (Lipinski definition) is 0. The average molecular weight is 451 g/mol. The number of aryl methyl sites for hydroxylation is 2. The molecular weight excluding hydrogens is 428 g/mol. The van der Waals surface area contributed by atoms with Gasteiger partial charge in [-0.25, -0.2) is 9.36 Å². The van der Waals surface area contributed by atoms with E-state index in [1.807, 2.05) is 30.3 Å². The maximum atomic E-state index is 13.4. The minimum absolute atomic E-state index is 0.136.